The van der Waals surface area contributed by atoms with Gasteiger partial charge >= 0.3 is 6.03 Å². The molecule has 18 heavy (non-hydrogen) atoms. The van der Waals surface area contributed by atoms with E-state index in [0.717, 1.165) is 0 Å². The number of urea groups is 1. The second-order valence-corrected chi connectivity index (χ2v) is 4.04. The lowest BCUT2D eigenvalue weighted by Gasteiger charge is -2.10. The third kappa shape index (κ3) is 5.29. The predicted molar refractivity (Wildman–Crippen MR) is 66.7 cm³/mol. The quantitative estimate of drug-likeness (QED) is 0.760. The van der Waals surface area contributed by atoms with E-state index in [1.54, 1.807) is 0 Å². The number of anilines is 1. The topological polar surface area (TPSA) is 70.2 Å². The molecule has 0 bridgehead atoms. The predicted octanol–water partition coefficient (Wildman–Crippen LogP) is 1.47. The number of hydrogen-bond donors (Lipinski definition) is 3. The van der Waals surface area contributed by atoms with Crippen LogP contribution in [0.2, 0.25) is 0 Å². The van der Waals surface area contributed by atoms with E-state index in [9.17, 15) is 14.0 Å². The Morgan fingerprint density at radius 3 is 2.39 bits per heavy atom. The lowest BCUT2D eigenvalue weighted by atomic mass is 10.3. The van der Waals surface area contributed by atoms with Crippen LogP contribution in [0, 0.1) is 5.82 Å². The summed E-state index contributed by atoms with van der Waals surface area (Å²) in [6, 6.07) is 4.98. The third-order valence-corrected chi connectivity index (χ3v) is 1.96. The maximum Gasteiger partial charge on any atom is 0.315 e. The highest BCUT2D eigenvalue weighted by Gasteiger charge is 2.06. The maximum atomic E-state index is 12.6. The summed E-state index contributed by atoms with van der Waals surface area (Å²) in [6.45, 7) is 3.49. The van der Waals surface area contributed by atoms with Crippen molar-refractivity contribution in [3.8, 4) is 0 Å². The molecule has 0 aliphatic rings. The Bertz CT molecular complexity index is 418. The summed E-state index contributed by atoms with van der Waals surface area (Å²) in [6.07, 6.45) is 0. The van der Waals surface area contributed by atoms with Crippen molar-refractivity contribution < 1.29 is 14.0 Å². The fourth-order valence-corrected chi connectivity index (χ4v) is 1.21. The molecule has 0 aromatic heterocycles. The molecule has 5 nitrogen and oxygen atoms in total. The molecule has 0 atom stereocenters. The zero-order valence-corrected chi connectivity index (χ0v) is 10.3. The van der Waals surface area contributed by atoms with E-state index in [4.69, 9.17) is 0 Å². The largest absolute Gasteiger partial charge is 0.336 e. The third-order valence-electron chi connectivity index (χ3n) is 1.96. The molecule has 0 unspecified atom stereocenters. The van der Waals surface area contributed by atoms with Crippen LogP contribution in [0.5, 0.6) is 0 Å². The summed E-state index contributed by atoms with van der Waals surface area (Å²) in [5.41, 5.74) is 0.479. The lowest BCUT2D eigenvalue weighted by molar-refractivity contribution is -0.115. The molecule has 3 N–H and O–H groups in total. The molecule has 0 saturated heterocycles. The highest BCUT2D eigenvalue weighted by molar-refractivity contribution is 5.94. The van der Waals surface area contributed by atoms with Crippen molar-refractivity contribution in [2.45, 2.75) is 19.9 Å². The Kier molecular flexibility index (Phi) is 5.10. The molecule has 1 aromatic carbocycles. The number of carbonyl (C=O) groups is 2. The van der Waals surface area contributed by atoms with E-state index in [1.165, 1.54) is 24.3 Å². The van der Waals surface area contributed by atoms with E-state index in [-0.39, 0.29) is 24.3 Å². The molecule has 0 aliphatic carbocycles. The van der Waals surface area contributed by atoms with Crippen LogP contribution in [-0.4, -0.2) is 24.5 Å². The Balaban J connectivity index is 2.34. The fraction of sp³-hybridized carbons (Fsp3) is 0.333. The average Bonchev–Trinajstić information content (AvgIpc) is 2.29. The summed E-state index contributed by atoms with van der Waals surface area (Å²) in [7, 11) is 0. The summed E-state index contributed by atoms with van der Waals surface area (Å²) < 4.78 is 12.6. The number of benzene rings is 1. The van der Waals surface area contributed by atoms with Gasteiger partial charge in [0.25, 0.3) is 0 Å². The minimum atomic E-state index is -0.403. The first-order chi connectivity index (χ1) is 8.47. The van der Waals surface area contributed by atoms with Gasteiger partial charge in [-0.2, -0.15) is 0 Å². The van der Waals surface area contributed by atoms with Crippen LogP contribution in [0.25, 0.3) is 0 Å². The van der Waals surface area contributed by atoms with Gasteiger partial charge in [-0.25, -0.2) is 9.18 Å². The first-order valence-electron chi connectivity index (χ1n) is 5.57. The van der Waals surface area contributed by atoms with Gasteiger partial charge in [-0.05, 0) is 38.1 Å². The highest BCUT2D eigenvalue weighted by Crippen LogP contribution is 2.07. The molecule has 1 rings (SSSR count). The number of halogens is 1. The van der Waals surface area contributed by atoms with Crippen LogP contribution in [0.3, 0.4) is 0 Å². The van der Waals surface area contributed by atoms with Crippen molar-refractivity contribution in [2.24, 2.45) is 0 Å². The Morgan fingerprint density at radius 2 is 1.83 bits per heavy atom. The number of carbonyl (C=O) groups excluding carboxylic acids is 2. The molecule has 0 fully saturated rings. The molecule has 98 valence electrons. The number of nitrogens with one attached hydrogen (secondary N) is 3. The van der Waals surface area contributed by atoms with Gasteiger partial charge in [-0.3, -0.25) is 4.79 Å². The molecule has 0 spiro atoms. The van der Waals surface area contributed by atoms with Crippen LogP contribution in [-0.2, 0) is 4.79 Å². The van der Waals surface area contributed by atoms with Gasteiger partial charge in [-0.1, -0.05) is 0 Å². The summed E-state index contributed by atoms with van der Waals surface area (Å²) >= 11 is 0. The molecule has 3 amide bonds. The van der Waals surface area contributed by atoms with Gasteiger partial charge < -0.3 is 16.0 Å². The summed E-state index contributed by atoms with van der Waals surface area (Å²) in [5, 5.41) is 7.53. The molecule has 1 aromatic rings. The van der Waals surface area contributed by atoms with Gasteiger partial charge in [0.2, 0.25) is 5.91 Å². The van der Waals surface area contributed by atoms with E-state index < -0.39 is 6.03 Å². The standard InChI is InChI=1S/C12H16FN3O2/c1-8(2)15-12(18)14-7-11(17)16-10-5-3-9(13)4-6-10/h3-6,8H,7H2,1-2H3,(H,16,17)(H2,14,15,18). The summed E-state index contributed by atoms with van der Waals surface area (Å²) in [5.74, 6) is -0.747. The smallest absolute Gasteiger partial charge is 0.315 e. The van der Waals surface area contributed by atoms with Gasteiger partial charge in [0.15, 0.2) is 0 Å². The Labute approximate surface area is 105 Å². The lowest BCUT2D eigenvalue weighted by Crippen LogP contribution is -2.42. The van der Waals surface area contributed by atoms with Crippen molar-refractivity contribution in [1.82, 2.24) is 10.6 Å². The van der Waals surface area contributed by atoms with E-state index >= 15 is 0 Å². The number of rotatable bonds is 4. The maximum absolute atomic E-state index is 12.6. The second-order valence-electron chi connectivity index (χ2n) is 4.04. The van der Waals surface area contributed by atoms with Gasteiger partial charge in [0.05, 0.1) is 6.54 Å². The van der Waals surface area contributed by atoms with Crippen LogP contribution in [0.4, 0.5) is 14.9 Å². The normalized spacial score (nSPS) is 10.0. The average molecular weight is 253 g/mol. The number of amides is 3. The van der Waals surface area contributed by atoms with Crippen LogP contribution in [0.15, 0.2) is 24.3 Å². The van der Waals surface area contributed by atoms with E-state index in [0.29, 0.717) is 5.69 Å². The molecular weight excluding hydrogens is 237 g/mol. The first-order valence-corrected chi connectivity index (χ1v) is 5.57. The molecule has 0 radical (unpaired) electrons. The van der Waals surface area contributed by atoms with Crippen molar-refractivity contribution in [2.75, 3.05) is 11.9 Å². The minimum absolute atomic E-state index is 0.00478. The van der Waals surface area contributed by atoms with Gasteiger partial charge in [-0.15, -0.1) is 0 Å². The molecular formula is C12H16FN3O2. The van der Waals surface area contributed by atoms with Crippen molar-refractivity contribution in [3.63, 3.8) is 0 Å². The van der Waals surface area contributed by atoms with Crippen molar-refractivity contribution >= 4 is 17.6 Å². The molecule has 0 heterocycles. The van der Waals surface area contributed by atoms with Crippen LogP contribution >= 0.6 is 0 Å². The van der Waals surface area contributed by atoms with Gasteiger partial charge in [0.1, 0.15) is 5.82 Å². The second kappa shape index (κ2) is 6.58. The molecule has 6 heteroatoms. The minimum Gasteiger partial charge on any atom is -0.336 e. The van der Waals surface area contributed by atoms with Crippen LogP contribution in [0.1, 0.15) is 13.8 Å². The van der Waals surface area contributed by atoms with Gasteiger partial charge in [0, 0.05) is 11.7 Å². The van der Waals surface area contributed by atoms with E-state index in [2.05, 4.69) is 16.0 Å². The monoisotopic (exact) mass is 253 g/mol. The van der Waals surface area contributed by atoms with Crippen LogP contribution < -0.4 is 16.0 Å². The van der Waals surface area contributed by atoms with Crippen molar-refractivity contribution in [1.29, 1.82) is 0 Å². The molecule has 0 saturated carbocycles. The first kappa shape index (κ1) is 14.0. The summed E-state index contributed by atoms with van der Waals surface area (Å²) in [4.78, 5) is 22.6. The SMILES string of the molecule is CC(C)NC(=O)NCC(=O)Nc1ccc(F)cc1. The number of hydrogen-bond acceptors (Lipinski definition) is 2. The zero-order chi connectivity index (χ0) is 13.5. The fourth-order valence-electron chi connectivity index (χ4n) is 1.21. The van der Waals surface area contributed by atoms with Crippen molar-refractivity contribution in [3.05, 3.63) is 30.1 Å². The Hall–Kier alpha value is -2.11. The Morgan fingerprint density at radius 1 is 1.22 bits per heavy atom. The molecule has 0 aliphatic heterocycles. The highest BCUT2D eigenvalue weighted by atomic mass is 19.1. The van der Waals surface area contributed by atoms with E-state index in [1.807, 2.05) is 13.8 Å². The zero-order valence-electron chi connectivity index (χ0n) is 10.3.